The number of hydrogen-bond acceptors (Lipinski definition) is 4. The number of amides is 1. The van der Waals surface area contributed by atoms with Crippen LogP contribution in [0.2, 0.25) is 0 Å². The smallest absolute Gasteiger partial charge is 0.243 e. The van der Waals surface area contributed by atoms with Gasteiger partial charge in [0.1, 0.15) is 5.75 Å². The molecule has 0 spiro atoms. The van der Waals surface area contributed by atoms with E-state index >= 15 is 0 Å². The fourth-order valence-electron chi connectivity index (χ4n) is 3.25. The minimum atomic E-state index is -3.57. The third-order valence-corrected chi connectivity index (χ3v) is 6.66. The second-order valence-electron chi connectivity index (χ2n) is 6.72. The van der Waals surface area contributed by atoms with Crippen molar-refractivity contribution in [3.8, 4) is 5.75 Å². The first-order chi connectivity index (χ1) is 13.0. The van der Waals surface area contributed by atoms with Crippen molar-refractivity contribution in [3.63, 3.8) is 0 Å². The minimum absolute atomic E-state index is 0.109. The molecule has 7 heteroatoms. The largest absolute Gasteiger partial charge is 0.508 e. The summed E-state index contributed by atoms with van der Waals surface area (Å²) in [5, 5.41) is 12.2. The van der Waals surface area contributed by atoms with Gasteiger partial charge in [-0.05, 0) is 49.1 Å². The van der Waals surface area contributed by atoms with Gasteiger partial charge in [-0.25, -0.2) is 8.42 Å². The van der Waals surface area contributed by atoms with Crippen LogP contribution in [0.4, 0.5) is 0 Å². The molecule has 3 rings (SSSR count). The van der Waals surface area contributed by atoms with Crippen LogP contribution in [-0.2, 0) is 21.2 Å². The first-order valence-electron chi connectivity index (χ1n) is 9.07. The second-order valence-corrected chi connectivity index (χ2v) is 8.66. The Morgan fingerprint density at radius 3 is 2.52 bits per heavy atom. The molecule has 0 radical (unpaired) electrons. The highest BCUT2D eigenvalue weighted by Gasteiger charge is 2.33. The van der Waals surface area contributed by atoms with E-state index in [1.54, 1.807) is 42.5 Å². The molecule has 0 aliphatic carbocycles. The highest BCUT2D eigenvalue weighted by Crippen LogP contribution is 2.23. The van der Waals surface area contributed by atoms with E-state index in [-0.39, 0.29) is 29.0 Å². The van der Waals surface area contributed by atoms with Crippen molar-refractivity contribution in [1.82, 2.24) is 9.62 Å². The number of nitrogens with one attached hydrogen (secondary N) is 1. The molecular weight excluding hydrogens is 364 g/mol. The Morgan fingerprint density at radius 1 is 1.11 bits per heavy atom. The van der Waals surface area contributed by atoms with Gasteiger partial charge in [0.2, 0.25) is 15.9 Å². The standard InChI is InChI=1S/C20H24N2O4S/c23-18-10-8-16(9-11-18)12-13-21-20(24)17-5-4-14-22(15-17)27(25,26)19-6-2-1-3-7-19/h1-3,6-11,17,23H,4-5,12-15H2,(H,21,24)/t17-/m1/s1. The molecule has 1 aliphatic heterocycles. The molecule has 1 heterocycles. The average molecular weight is 388 g/mol. The quantitative estimate of drug-likeness (QED) is 0.794. The normalized spacial score (nSPS) is 18.1. The van der Waals surface area contributed by atoms with Crippen LogP contribution in [0.1, 0.15) is 18.4 Å². The lowest BCUT2D eigenvalue weighted by atomic mass is 9.99. The molecule has 144 valence electrons. The fraction of sp³-hybridized carbons (Fsp3) is 0.350. The summed E-state index contributed by atoms with van der Waals surface area (Å²) in [4.78, 5) is 12.7. The van der Waals surface area contributed by atoms with Crippen LogP contribution in [0.15, 0.2) is 59.5 Å². The maximum absolute atomic E-state index is 12.8. The summed E-state index contributed by atoms with van der Waals surface area (Å²) in [6.07, 6.45) is 2.01. The van der Waals surface area contributed by atoms with E-state index in [1.165, 1.54) is 4.31 Å². The molecule has 1 fully saturated rings. The van der Waals surface area contributed by atoms with Crippen LogP contribution in [-0.4, -0.2) is 43.4 Å². The van der Waals surface area contributed by atoms with Crippen molar-refractivity contribution in [2.75, 3.05) is 19.6 Å². The molecule has 1 amide bonds. The van der Waals surface area contributed by atoms with Crippen molar-refractivity contribution in [1.29, 1.82) is 0 Å². The summed E-state index contributed by atoms with van der Waals surface area (Å²) in [5.41, 5.74) is 1.02. The predicted octanol–water partition coefficient (Wildman–Crippen LogP) is 2.15. The maximum atomic E-state index is 12.8. The maximum Gasteiger partial charge on any atom is 0.243 e. The van der Waals surface area contributed by atoms with Gasteiger partial charge in [0.05, 0.1) is 10.8 Å². The van der Waals surface area contributed by atoms with Crippen LogP contribution in [0.5, 0.6) is 5.75 Å². The Hall–Kier alpha value is -2.38. The molecular formula is C20H24N2O4S. The zero-order valence-corrected chi connectivity index (χ0v) is 15.9. The van der Waals surface area contributed by atoms with Crippen molar-refractivity contribution in [2.24, 2.45) is 5.92 Å². The summed E-state index contributed by atoms with van der Waals surface area (Å²) in [5.74, 6) is -0.233. The topological polar surface area (TPSA) is 86.7 Å². The molecule has 1 aliphatic rings. The van der Waals surface area contributed by atoms with Gasteiger partial charge in [-0.15, -0.1) is 0 Å². The highest BCUT2D eigenvalue weighted by molar-refractivity contribution is 7.89. The number of carbonyl (C=O) groups is 1. The monoisotopic (exact) mass is 388 g/mol. The van der Waals surface area contributed by atoms with Gasteiger partial charge in [0.25, 0.3) is 0 Å². The summed E-state index contributed by atoms with van der Waals surface area (Å²) in [7, 11) is -3.57. The summed E-state index contributed by atoms with van der Waals surface area (Å²) in [6, 6.07) is 15.2. The first kappa shape index (κ1) is 19.4. The van der Waals surface area contributed by atoms with Crippen molar-refractivity contribution in [2.45, 2.75) is 24.2 Å². The lowest BCUT2D eigenvalue weighted by Crippen LogP contribution is -2.45. The summed E-state index contributed by atoms with van der Waals surface area (Å²) in [6.45, 7) is 1.13. The molecule has 1 atom stereocenters. The summed E-state index contributed by atoms with van der Waals surface area (Å²) < 4.78 is 26.9. The van der Waals surface area contributed by atoms with Gasteiger partial charge in [-0.2, -0.15) is 4.31 Å². The molecule has 2 N–H and O–H groups in total. The lowest BCUT2D eigenvalue weighted by molar-refractivity contribution is -0.126. The van der Waals surface area contributed by atoms with E-state index in [0.717, 1.165) is 5.56 Å². The number of phenolic OH excluding ortho intramolecular Hbond substituents is 1. The van der Waals surface area contributed by atoms with Gasteiger partial charge < -0.3 is 10.4 Å². The van der Waals surface area contributed by atoms with Gasteiger partial charge in [0.15, 0.2) is 0 Å². The minimum Gasteiger partial charge on any atom is -0.508 e. The van der Waals surface area contributed by atoms with Crippen molar-refractivity contribution < 1.29 is 18.3 Å². The van der Waals surface area contributed by atoms with Crippen LogP contribution in [0.25, 0.3) is 0 Å². The van der Waals surface area contributed by atoms with Gasteiger partial charge in [0, 0.05) is 19.6 Å². The average Bonchev–Trinajstić information content (AvgIpc) is 2.70. The zero-order chi connectivity index (χ0) is 19.3. The van der Waals surface area contributed by atoms with Gasteiger partial charge in [-0.1, -0.05) is 30.3 Å². The van der Waals surface area contributed by atoms with Gasteiger partial charge in [-0.3, -0.25) is 4.79 Å². The molecule has 0 saturated carbocycles. The SMILES string of the molecule is O=C(NCCc1ccc(O)cc1)[C@@H]1CCCN(S(=O)(=O)c2ccccc2)C1. The number of aromatic hydroxyl groups is 1. The number of sulfonamides is 1. The Morgan fingerprint density at radius 2 is 1.81 bits per heavy atom. The van der Waals surface area contributed by atoms with Crippen molar-refractivity contribution >= 4 is 15.9 Å². The Kier molecular flexibility index (Phi) is 6.13. The lowest BCUT2D eigenvalue weighted by Gasteiger charge is -2.31. The Labute approximate surface area is 159 Å². The molecule has 2 aromatic carbocycles. The number of benzene rings is 2. The van der Waals surface area contributed by atoms with E-state index in [4.69, 9.17) is 0 Å². The fourth-order valence-corrected chi connectivity index (χ4v) is 4.80. The zero-order valence-electron chi connectivity index (χ0n) is 15.0. The van der Waals surface area contributed by atoms with Crippen molar-refractivity contribution in [3.05, 3.63) is 60.2 Å². The third-order valence-electron chi connectivity index (χ3n) is 4.79. The van der Waals surface area contributed by atoms with Crippen LogP contribution < -0.4 is 5.32 Å². The number of nitrogens with zero attached hydrogens (tertiary/aromatic N) is 1. The van der Waals surface area contributed by atoms with Gasteiger partial charge >= 0.3 is 0 Å². The van der Waals surface area contributed by atoms with E-state index in [1.807, 2.05) is 12.1 Å². The Balaban J connectivity index is 1.55. The molecule has 0 bridgehead atoms. The van der Waals surface area contributed by atoms with Crippen LogP contribution in [0.3, 0.4) is 0 Å². The number of hydrogen-bond donors (Lipinski definition) is 2. The molecule has 0 unspecified atom stereocenters. The number of phenols is 1. The summed E-state index contributed by atoms with van der Waals surface area (Å²) >= 11 is 0. The van der Waals surface area contributed by atoms with E-state index in [9.17, 15) is 18.3 Å². The molecule has 1 saturated heterocycles. The Bertz CT molecular complexity index is 867. The number of carbonyl (C=O) groups excluding carboxylic acids is 1. The molecule has 2 aromatic rings. The van der Waals surface area contributed by atoms with E-state index in [0.29, 0.717) is 32.4 Å². The molecule has 0 aromatic heterocycles. The molecule has 27 heavy (non-hydrogen) atoms. The predicted molar refractivity (Wildman–Crippen MR) is 103 cm³/mol. The van der Waals surface area contributed by atoms with Crippen LogP contribution in [0, 0.1) is 5.92 Å². The molecule has 6 nitrogen and oxygen atoms in total. The number of piperidine rings is 1. The third kappa shape index (κ3) is 4.87. The van der Waals surface area contributed by atoms with Crippen LogP contribution >= 0.6 is 0 Å². The number of rotatable bonds is 6. The van der Waals surface area contributed by atoms with E-state index < -0.39 is 10.0 Å². The first-order valence-corrected chi connectivity index (χ1v) is 10.5. The highest BCUT2D eigenvalue weighted by atomic mass is 32.2. The second kappa shape index (κ2) is 8.54. The van der Waals surface area contributed by atoms with E-state index in [2.05, 4.69) is 5.32 Å².